The lowest BCUT2D eigenvalue weighted by molar-refractivity contribution is -0.120. The van der Waals surface area contributed by atoms with E-state index in [1.165, 1.54) is 0 Å². The molecule has 1 atom stereocenters. The molecular formula is C7H16N2O5S. The molecule has 90 valence electrons. The molecule has 0 heterocycles. The molecule has 0 aromatic heterocycles. The predicted octanol–water partition coefficient (Wildman–Crippen LogP) is -2.26. The molecule has 0 unspecified atom stereocenters. The van der Waals surface area contributed by atoms with Crippen molar-refractivity contribution >= 4 is 15.9 Å². The van der Waals surface area contributed by atoms with Crippen molar-refractivity contribution in [1.29, 1.82) is 0 Å². The van der Waals surface area contributed by atoms with Crippen molar-refractivity contribution in [1.82, 2.24) is 5.32 Å². The summed E-state index contributed by atoms with van der Waals surface area (Å²) in [6, 6.07) is -0.904. The molecule has 0 aliphatic rings. The molecule has 0 amide bonds. The summed E-state index contributed by atoms with van der Waals surface area (Å²) in [6.45, 7) is -0.150. The summed E-state index contributed by atoms with van der Waals surface area (Å²) >= 11 is 0. The van der Waals surface area contributed by atoms with Gasteiger partial charge in [-0.3, -0.25) is 9.35 Å². The molecule has 0 aromatic carbocycles. The molecule has 8 heteroatoms. The molecular weight excluding hydrogens is 224 g/mol. The van der Waals surface area contributed by atoms with Crippen LogP contribution in [-0.2, 0) is 14.9 Å². The first kappa shape index (κ1) is 14.5. The highest BCUT2D eigenvalue weighted by Gasteiger charge is 2.11. The molecule has 7 nitrogen and oxygen atoms in total. The molecule has 0 aliphatic heterocycles. The summed E-state index contributed by atoms with van der Waals surface area (Å²) in [5.74, 6) is -0.690. The van der Waals surface area contributed by atoms with Gasteiger partial charge in [0.15, 0.2) is 5.78 Å². The second kappa shape index (κ2) is 6.85. The van der Waals surface area contributed by atoms with Gasteiger partial charge in [-0.15, -0.1) is 0 Å². The quantitative estimate of drug-likeness (QED) is 0.278. The number of rotatable bonds is 8. The van der Waals surface area contributed by atoms with E-state index in [4.69, 9.17) is 15.4 Å². The van der Waals surface area contributed by atoms with Crippen LogP contribution in [0.5, 0.6) is 0 Å². The van der Waals surface area contributed by atoms with Gasteiger partial charge >= 0.3 is 0 Å². The van der Waals surface area contributed by atoms with Crippen LogP contribution in [0.2, 0.25) is 0 Å². The van der Waals surface area contributed by atoms with Gasteiger partial charge in [0, 0.05) is 0 Å². The number of hydrogen-bond donors (Lipinski definition) is 4. The van der Waals surface area contributed by atoms with E-state index in [1.807, 2.05) is 0 Å². The van der Waals surface area contributed by atoms with E-state index in [0.717, 1.165) is 0 Å². The first-order chi connectivity index (χ1) is 6.87. The number of nitrogens with two attached hydrogens (primary N) is 1. The third-order valence-electron chi connectivity index (χ3n) is 1.67. The lowest BCUT2D eigenvalue weighted by Crippen LogP contribution is -2.40. The average Bonchev–Trinajstić information content (AvgIpc) is 2.14. The molecule has 15 heavy (non-hydrogen) atoms. The van der Waals surface area contributed by atoms with Gasteiger partial charge in [-0.1, -0.05) is 0 Å². The maximum absolute atomic E-state index is 11.0. The highest BCUT2D eigenvalue weighted by molar-refractivity contribution is 7.85. The fourth-order valence-corrected chi connectivity index (χ4v) is 1.33. The molecule has 0 saturated carbocycles. The van der Waals surface area contributed by atoms with E-state index in [9.17, 15) is 13.2 Å². The van der Waals surface area contributed by atoms with Gasteiger partial charge in [-0.25, -0.2) is 0 Å². The normalized spacial score (nSPS) is 13.8. The third kappa shape index (κ3) is 8.45. The lowest BCUT2D eigenvalue weighted by Gasteiger charge is -2.07. The molecule has 0 bridgehead atoms. The Labute approximate surface area is 88.4 Å². The first-order valence-corrected chi connectivity index (χ1v) is 6.03. The lowest BCUT2D eigenvalue weighted by atomic mass is 10.2. The largest absolute Gasteiger partial charge is 0.394 e. The van der Waals surface area contributed by atoms with Gasteiger partial charge in [-0.2, -0.15) is 8.42 Å². The van der Waals surface area contributed by atoms with Gasteiger partial charge in [0.1, 0.15) is 0 Å². The Kier molecular flexibility index (Phi) is 6.61. The van der Waals surface area contributed by atoms with Crippen molar-refractivity contribution in [3.8, 4) is 0 Å². The number of aliphatic hydroxyl groups excluding tert-OH is 1. The topological polar surface area (TPSA) is 130 Å². The van der Waals surface area contributed by atoms with Gasteiger partial charge in [0.05, 0.1) is 24.9 Å². The number of carbonyl (C=O) groups is 1. The van der Waals surface area contributed by atoms with E-state index < -0.39 is 22.8 Å². The van der Waals surface area contributed by atoms with Gasteiger partial charge in [-0.05, 0) is 13.0 Å². The fourth-order valence-electron chi connectivity index (χ4n) is 0.824. The zero-order chi connectivity index (χ0) is 11.9. The summed E-state index contributed by atoms with van der Waals surface area (Å²) in [5.41, 5.74) is 5.23. The minimum absolute atomic E-state index is 0.0206. The van der Waals surface area contributed by atoms with Crippen LogP contribution < -0.4 is 11.1 Å². The molecule has 0 aromatic rings. The highest BCUT2D eigenvalue weighted by Crippen LogP contribution is 1.86. The molecule has 0 saturated heterocycles. The van der Waals surface area contributed by atoms with E-state index in [-0.39, 0.29) is 31.0 Å². The number of carbonyl (C=O) groups excluding carboxylic acids is 1. The van der Waals surface area contributed by atoms with E-state index >= 15 is 0 Å². The summed E-state index contributed by atoms with van der Waals surface area (Å²) in [6.07, 6.45) is 0.209. The number of hydrogen-bond acceptors (Lipinski definition) is 6. The average molecular weight is 240 g/mol. The molecule has 5 N–H and O–H groups in total. The summed E-state index contributed by atoms with van der Waals surface area (Å²) < 4.78 is 29.0. The van der Waals surface area contributed by atoms with Gasteiger partial charge in [0.2, 0.25) is 0 Å². The predicted molar refractivity (Wildman–Crippen MR) is 54.0 cm³/mol. The summed E-state index contributed by atoms with van der Waals surface area (Å²) in [7, 11) is -3.94. The number of nitrogens with one attached hydrogen (secondary N) is 1. The van der Waals surface area contributed by atoms with Gasteiger partial charge < -0.3 is 16.2 Å². The third-order valence-corrected chi connectivity index (χ3v) is 2.47. The zero-order valence-corrected chi connectivity index (χ0v) is 9.03. The number of ketones is 1. The van der Waals surface area contributed by atoms with Crippen molar-refractivity contribution in [3.05, 3.63) is 0 Å². The maximum atomic E-state index is 11.0. The number of aliphatic hydroxyl groups is 1. The van der Waals surface area contributed by atoms with Crippen LogP contribution in [0.15, 0.2) is 0 Å². The van der Waals surface area contributed by atoms with Crippen LogP contribution in [0.1, 0.15) is 6.42 Å². The fraction of sp³-hybridized carbons (Fsp3) is 0.857. The Hall–Kier alpha value is -0.540. The van der Waals surface area contributed by atoms with Crippen LogP contribution in [-0.4, -0.2) is 55.4 Å². The van der Waals surface area contributed by atoms with Crippen LogP contribution in [0.4, 0.5) is 0 Å². The van der Waals surface area contributed by atoms with Crippen LogP contribution >= 0.6 is 0 Å². The Morgan fingerprint density at radius 3 is 2.53 bits per heavy atom. The van der Waals surface area contributed by atoms with E-state index in [0.29, 0.717) is 0 Å². The second-order valence-corrected chi connectivity index (χ2v) is 4.64. The number of Topliss-reactive ketones (excluding diaryl/α,β-unsaturated/α-hetero) is 1. The second-order valence-electron chi connectivity index (χ2n) is 3.07. The minimum Gasteiger partial charge on any atom is -0.394 e. The van der Waals surface area contributed by atoms with Crippen LogP contribution in [0.3, 0.4) is 0 Å². The van der Waals surface area contributed by atoms with Crippen molar-refractivity contribution in [3.63, 3.8) is 0 Å². The molecule has 0 aliphatic carbocycles. The first-order valence-electron chi connectivity index (χ1n) is 4.42. The van der Waals surface area contributed by atoms with Gasteiger partial charge in [0.25, 0.3) is 10.1 Å². The van der Waals surface area contributed by atoms with Crippen molar-refractivity contribution in [2.24, 2.45) is 5.73 Å². The smallest absolute Gasteiger partial charge is 0.264 e. The monoisotopic (exact) mass is 240 g/mol. The Morgan fingerprint density at radius 1 is 1.47 bits per heavy atom. The summed E-state index contributed by atoms with van der Waals surface area (Å²) in [5, 5.41) is 11.2. The van der Waals surface area contributed by atoms with Crippen molar-refractivity contribution in [2.75, 3.05) is 25.4 Å². The Bertz CT molecular complexity index is 290. The molecule has 0 radical (unpaired) electrons. The van der Waals surface area contributed by atoms with Crippen molar-refractivity contribution < 1.29 is 22.9 Å². The molecule has 0 rings (SSSR count). The van der Waals surface area contributed by atoms with Crippen LogP contribution in [0, 0.1) is 0 Å². The molecule has 0 fully saturated rings. The Morgan fingerprint density at radius 2 is 2.07 bits per heavy atom. The maximum Gasteiger partial charge on any atom is 0.264 e. The van der Waals surface area contributed by atoms with E-state index in [1.54, 1.807) is 0 Å². The van der Waals surface area contributed by atoms with Crippen molar-refractivity contribution in [2.45, 2.75) is 12.5 Å². The molecule has 0 spiro atoms. The SMILES string of the molecule is N[C@@H](CO)C(=O)CNCCCS(=O)(=O)O. The zero-order valence-electron chi connectivity index (χ0n) is 8.22. The van der Waals surface area contributed by atoms with Crippen LogP contribution in [0.25, 0.3) is 0 Å². The Balaban J connectivity index is 3.51. The standard InChI is InChI=1S/C7H16N2O5S/c8-6(5-10)7(11)4-9-2-1-3-15(12,13)14/h6,9-10H,1-5,8H2,(H,12,13,14)/t6-/m0/s1. The highest BCUT2D eigenvalue weighted by atomic mass is 32.2. The minimum atomic E-state index is -3.94. The van der Waals surface area contributed by atoms with E-state index in [2.05, 4.69) is 5.32 Å². The summed E-state index contributed by atoms with van der Waals surface area (Å²) in [4.78, 5) is 11.0.